The molecule has 0 aromatic heterocycles. The highest BCUT2D eigenvalue weighted by Gasteiger charge is 2.13. The van der Waals surface area contributed by atoms with E-state index in [1.165, 1.54) is 6.20 Å². The molecule has 0 radical (unpaired) electrons. The molecule has 0 atom stereocenters. The number of carbonyl (C=O) groups excluding carboxylic acids is 1. The first-order valence-corrected chi connectivity index (χ1v) is 9.58. The standard InChI is InChI=1S/C21H20N4O4S/c1-2-27-20(26)15(10-22)12-23-16-5-3-4-6-17(16)25-21(30)24-11-14-7-8-18-19(9-14)29-13-28-18/h3-9,12,23H,2,11,13H2,1H3,(H2,24,25,30)/b15-12-. The lowest BCUT2D eigenvalue weighted by atomic mass is 10.2. The van der Waals surface area contributed by atoms with Crippen molar-refractivity contribution in [3.8, 4) is 17.6 Å². The Bertz CT molecular complexity index is 1020. The number of nitrogens with zero attached hydrogens (tertiary/aromatic N) is 1. The Morgan fingerprint density at radius 3 is 2.77 bits per heavy atom. The van der Waals surface area contributed by atoms with E-state index in [4.69, 9.17) is 31.7 Å². The molecule has 1 aliphatic heterocycles. The zero-order valence-corrected chi connectivity index (χ0v) is 17.0. The van der Waals surface area contributed by atoms with Gasteiger partial charge >= 0.3 is 5.97 Å². The van der Waals surface area contributed by atoms with E-state index in [0.29, 0.717) is 28.8 Å². The van der Waals surface area contributed by atoms with Crippen molar-refractivity contribution in [3.63, 3.8) is 0 Å². The van der Waals surface area contributed by atoms with E-state index < -0.39 is 5.97 Å². The molecule has 3 rings (SSSR count). The molecule has 0 fully saturated rings. The van der Waals surface area contributed by atoms with Crippen LogP contribution in [0.25, 0.3) is 0 Å². The number of ether oxygens (including phenoxy) is 3. The lowest BCUT2D eigenvalue weighted by Crippen LogP contribution is -2.28. The second kappa shape index (κ2) is 10.1. The molecule has 8 nitrogen and oxygen atoms in total. The van der Waals surface area contributed by atoms with E-state index >= 15 is 0 Å². The number of benzene rings is 2. The van der Waals surface area contributed by atoms with E-state index in [2.05, 4.69) is 16.0 Å². The van der Waals surface area contributed by atoms with Gasteiger partial charge in [-0.25, -0.2) is 4.79 Å². The van der Waals surface area contributed by atoms with Crippen molar-refractivity contribution < 1.29 is 19.0 Å². The molecule has 9 heteroatoms. The number of thiocarbonyl (C=S) groups is 1. The van der Waals surface area contributed by atoms with Gasteiger partial charge in [0.1, 0.15) is 6.07 Å². The lowest BCUT2D eigenvalue weighted by Gasteiger charge is -2.14. The SMILES string of the molecule is CCOC(=O)/C(C#N)=C\Nc1ccccc1NC(=S)NCc1ccc2c(c1)OCO2. The molecule has 30 heavy (non-hydrogen) atoms. The molecule has 1 aliphatic rings. The number of hydrogen-bond donors (Lipinski definition) is 3. The predicted octanol–water partition coefficient (Wildman–Crippen LogP) is 3.28. The van der Waals surface area contributed by atoms with Crippen molar-refractivity contribution in [2.45, 2.75) is 13.5 Å². The third-order valence-electron chi connectivity index (χ3n) is 4.05. The van der Waals surface area contributed by atoms with Crippen LogP contribution in [-0.2, 0) is 16.1 Å². The van der Waals surface area contributed by atoms with Gasteiger partial charge in [-0.3, -0.25) is 0 Å². The second-order valence-corrected chi connectivity index (χ2v) is 6.48. The van der Waals surface area contributed by atoms with Gasteiger partial charge in [0.25, 0.3) is 0 Å². The van der Waals surface area contributed by atoms with Crippen LogP contribution in [0.4, 0.5) is 11.4 Å². The zero-order chi connectivity index (χ0) is 21.3. The number of carbonyl (C=O) groups is 1. The predicted molar refractivity (Wildman–Crippen MR) is 116 cm³/mol. The van der Waals surface area contributed by atoms with Crippen molar-refractivity contribution in [2.24, 2.45) is 0 Å². The van der Waals surface area contributed by atoms with Crippen molar-refractivity contribution in [1.82, 2.24) is 5.32 Å². The monoisotopic (exact) mass is 424 g/mol. The maximum atomic E-state index is 11.7. The number of nitriles is 1. The summed E-state index contributed by atoms with van der Waals surface area (Å²) in [5.74, 6) is 0.760. The first-order chi connectivity index (χ1) is 14.6. The number of hydrogen-bond acceptors (Lipinski definition) is 7. The molecule has 0 aliphatic carbocycles. The molecule has 0 saturated heterocycles. The number of para-hydroxylation sites is 2. The molecule has 2 aromatic carbocycles. The highest BCUT2D eigenvalue weighted by molar-refractivity contribution is 7.80. The van der Waals surface area contributed by atoms with Crippen LogP contribution in [0, 0.1) is 11.3 Å². The Kier molecular flexibility index (Phi) is 7.08. The summed E-state index contributed by atoms with van der Waals surface area (Å²) in [6.45, 7) is 2.60. The van der Waals surface area contributed by atoms with Gasteiger partial charge in [-0.2, -0.15) is 5.26 Å². The fourth-order valence-electron chi connectivity index (χ4n) is 2.61. The average Bonchev–Trinajstić information content (AvgIpc) is 3.22. The second-order valence-electron chi connectivity index (χ2n) is 6.08. The van der Waals surface area contributed by atoms with Gasteiger partial charge in [0.15, 0.2) is 22.2 Å². The molecular formula is C21H20N4O4S. The Labute approximate surface area is 179 Å². The summed E-state index contributed by atoms with van der Waals surface area (Å²) < 4.78 is 15.5. The number of esters is 1. The number of nitrogens with one attached hydrogen (secondary N) is 3. The molecule has 154 valence electrons. The van der Waals surface area contributed by atoms with Gasteiger partial charge in [-0.1, -0.05) is 18.2 Å². The molecule has 0 saturated carbocycles. The largest absolute Gasteiger partial charge is 0.462 e. The van der Waals surface area contributed by atoms with E-state index in [9.17, 15) is 4.79 Å². The van der Waals surface area contributed by atoms with E-state index in [1.54, 1.807) is 13.0 Å². The van der Waals surface area contributed by atoms with Crippen LogP contribution in [0.5, 0.6) is 11.5 Å². The van der Waals surface area contributed by atoms with E-state index in [1.807, 2.05) is 42.5 Å². The third kappa shape index (κ3) is 5.40. The fraction of sp³-hybridized carbons (Fsp3) is 0.190. The molecule has 1 heterocycles. The molecule has 0 bridgehead atoms. The van der Waals surface area contributed by atoms with Gasteiger partial charge in [-0.15, -0.1) is 0 Å². The molecule has 2 aromatic rings. The highest BCUT2D eigenvalue weighted by atomic mass is 32.1. The smallest absolute Gasteiger partial charge is 0.350 e. The highest BCUT2D eigenvalue weighted by Crippen LogP contribution is 2.32. The summed E-state index contributed by atoms with van der Waals surface area (Å²) in [5, 5.41) is 18.7. The normalized spacial score (nSPS) is 11.9. The van der Waals surface area contributed by atoms with Crippen molar-refractivity contribution in [3.05, 3.63) is 59.8 Å². The summed E-state index contributed by atoms with van der Waals surface area (Å²) in [6.07, 6.45) is 1.31. The Morgan fingerprint density at radius 1 is 1.23 bits per heavy atom. The van der Waals surface area contributed by atoms with E-state index in [0.717, 1.165) is 11.3 Å². The van der Waals surface area contributed by atoms with Gasteiger partial charge in [0.05, 0.1) is 18.0 Å². The van der Waals surface area contributed by atoms with Crippen LogP contribution in [0.15, 0.2) is 54.2 Å². The van der Waals surface area contributed by atoms with Gasteiger partial charge in [0, 0.05) is 12.7 Å². The van der Waals surface area contributed by atoms with Crippen LogP contribution >= 0.6 is 12.2 Å². The van der Waals surface area contributed by atoms with Gasteiger partial charge < -0.3 is 30.2 Å². The van der Waals surface area contributed by atoms with Crippen LogP contribution < -0.4 is 25.4 Å². The minimum atomic E-state index is -0.682. The van der Waals surface area contributed by atoms with E-state index in [-0.39, 0.29) is 19.0 Å². The van der Waals surface area contributed by atoms with Crippen LogP contribution in [0.3, 0.4) is 0 Å². The Hall–Kier alpha value is -3.77. The van der Waals surface area contributed by atoms with Gasteiger partial charge in [0.2, 0.25) is 6.79 Å². The summed E-state index contributed by atoms with van der Waals surface area (Å²) in [4.78, 5) is 11.7. The first kappa shape index (κ1) is 21.0. The summed E-state index contributed by atoms with van der Waals surface area (Å²) in [6, 6.07) is 14.8. The molecule has 3 N–H and O–H groups in total. The fourth-order valence-corrected chi connectivity index (χ4v) is 2.80. The molecular weight excluding hydrogens is 404 g/mol. The quantitative estimate of drug-likeness (QED) is 0.267. The summed E-state index contributed by atoms with van der Waals surface area (Å²) in [5.41, 5.74) is 2.18. The van der Waals surface area contributed by atoms with Crippen molar-refractivity contribution >= 4 is 34.7 Å². The number of rotatable bonds is 7. The van der Waals surface area contributed by atoms with Gasteiger partial charge in [-0.05, 0) is 49.0 Å². The minimum absolute atomic E-state index is 0.129. The molecule has 0 spiro atoms. The maximum Gasteiger partial charge on any atom is 0.350 e. The average molecular weight is 424 g/mol. The van der Waals surface area contributed by atoms with Crippen LogP contribution in [-0.4, -0.2) is 24.5 Å². The number of fused-ring (bicyclic) bond motifs is 1. The summed E-state index contributed by atoms with van der Waals surface area (Å²) >= 11 is 5.38. The lowest BCUT2D eigenvalue weighted by molar-refractivity contribution is -0.138. The van der Waals surface area contributed by atoms with Crippen LogP contribution in [0.1, 0.15) is 12.5 Å². The maximum absolute atomic E-state index is 11.7. The van der Waals surface area contributed by atoms with Crippen LogP contribution in [0.2, 0.25) is 0 Å². The third-order valence-corrected chi connectivity index (χ3v) is 4.30. The topological polar surface area (TPSA) is 105 Å². The van der Waals surface area contributed by atoms with Crippen molar-refractivity contribution in [1.29, 1.82) is 5.26 Å². The zero-order valence-electron chi connectivity index (χ0n) is 16.2. The first-order valence-electron chi connectivity index (χ1n) is 9.17. The number of anilines is 2. The van der Waals surface area contributed by atoms with Crippen molar-refractivity contribution in [2.75, 3.05) is 24.0 Å². The Balaban J connectivity index is 1.60. The summed E-state index contributed by atoms with van der Waals surface area (Å²) in [7, 11) is 0. The molecule has 0 unspecified atom stereocenters. The minimum Gasteiger partial charge on any atom is -0.462 e. The Morgan fingerprint density at radius 2 is 2.00 bits per heavy atom. The molecule has 0 amide bonds.